The van der Waals surface area contributed by atoms with Crippen molar-refractivity contribution in [1.82, 2.24) is 0 Å². The van der Waals surface area contributed by atoms with Gasteiger partial charge in [0.05, 0.1) is 11.1 Å². The third-order valence-electron chi connectivity index (χ3n) is 5.36. The molecule has 0 aliphatic rings. The Morgan fingerprint density at radius 1 is 0.529 bits per heavy atom. The van der Waals surface area contributed by atoms with E-state index in [1.807, 2.05) is 13.8 Å². The molecular weight excluding hydrogens is 464 g/mol. The van der Waals surface area contributed by atoms with Crippen LogP contribution in [-0.4, -0.2) is 0 Å². The zero-order chi connectivity index (χ0) is 25.4. The number of hydrogen-bond donors (Lipinski definition) is 0. The van der Waals surface area contributed by atoms with E-state index < -0.39 is 68.8 Å². The lowest BCUT2D eigenvalue weighted by Gasteiger charge is -2.18. The number of unbranched alkanes of at least 4 members (excludes halogenated alkanes) is 6. The molecule has 0 atom stereocenters. The Labute approximate surface area is 194 Å². The highest BCUT2D eigenvalue weighted by atomic mass is 19.2. The number of halogens is 8. The molecule has 0 aromatic heterocycles. The maximum absolute atomic E-state index is 14.8. The second-order valence-corrected chi connectivity index (χ2v) is 7.91. The van der Waals surface area contributed by atoms with Crippen molar-refractivity contribution >= 4 is 11.1 Å². The molecule has 0 aliphatic heterocycles. The van der Waals surface area contributed by atoms with Crippen molar-refractivity contribution in [2.75, 3.05) is 0 Å². The van der Waals surface area contributed by atoms with E-state index in [9.17, 15) is 35.1 Å². The Morgan fingerprint density at radius 2 is 0.824 bits per heavy atom. The molecule has 0 saturated heterocycles. The minimum atomic E-state index is -1.78. The fraction of sp³-hybridized carbons (Fsp3) is 0.385. The van der Waals surface area contributed by atoms with Crippen LogP contribution in [0.1, 0.15) is 76.3 Å². The summed E-state index contributed by atoms with van der Waals surface area (Å²) in [6.45, 7) is 3.79. The maximum atomic E-state index is 14.8. The maximum Gasteiger partial charge on any atom is 0.169 e. The van der Waals surface area contributed by atoms with Crippen molar-refractivity contribution in [1.29, 1.82) is 0 Å². The van der Waals surface area contributed by atoms with Crippen LogP contribution in [0, 0.1) is 46.5 Å². The molecule has 2 aromatic rings. The summed E-state index contributed by atoms with van der Waals surface area (Å²) < 4.78 is 115. The van der Waals surface area contributed by atoms with Crippen molar-refractivity contribution in [3.05, 3.63) is 81.9 Å². The largest absolute Gasteiger partial charge is 0.204 e. The minimum absolute atomic E-state index is 0.0104. The molecule has 0 N–H and O–H groups in total. The van der Waals surface area contributed by atoms with Crippen molar-refractivity contribution in [2.24, 2.45) is 0 Å². The summed E-state index contributed by atoms with van der Waals surface area (Å²) in [5.41, 5.74) is -3.55. The average Bonchev–Trinajstić information content (AvgIpc) is 2.80. The summed E-state index contributed by atoms with van der Waals surface area (Å²) in [6, 6.07) is 0.0209. The highest BCUT2D eigenvalue weighted by Gasteiger charge is 2.29. The van der Waals surface area contributed by atoms with E-state index >= 15 is 0 Å². The van der Waals surface area contributed by atoms with Gasteiger partial charge in [-0.1, -0.05) is 51.7 Å². The Balaban J connectivity index is 2.87. The fourth-order valence-corrected chi connectivity index (χ4v) is 3.59. The van der Waals surface area contributed by atoms with Gasteiger partial charge in [-0.15, -0.1) is 0 Å². The first-order valence-electron chi connectivity index (χ1n) is 11.2. The molecule has 0 aliphatic carbocycles. The van der Waals surface area contributed by atoms with Crippen LogP contribution in [0.5, 0.6) is 0 Å². The smallest absolute Gasteiger partial charge is 0.169 e. The van der Waals surface area contributed by atoms with Crippen molar-refractivity contribution < 1.29 is 35.1 Å². The molecule has 34 heavy (non-hydrogen) atoms. The second-order valence-electron chi connectivity index (χ2n) is 7.91. The molecule has 0 spiro atoms. The monoisotopic (exact) mass is 490 g/mol. The summed E-state index contributed by atoms with van der Waals surface area (Å²) in [4.78, 5) is 0. The van der Waals surface area contributed by atoms with Gasteiger partial charge in [-0.3, -0.25) is 0 Å². The summed E-state index contributed by atoms with van der Waals surface area (Å²) >= 11 is 0. The topological polar surface area (TPSA) is 0 Å². The Hall–Kier alpha value is -2.64. The van der Waals surface area contributed by atoms with Crippen LogP contribution in [0.3, 0.4) is 0 Å². The first-order chi connectivity index (χ1) is 16.1. The lowest BCUT2D eigenvalue weighted by molar-refractivity contribution is 0.448. The van der Waals surface area contributed by atoms with Crippen molar-refractivity contribution in [3.63, 3.8) is 0 Å². The first kappa shape index (κ1) is 27.6. The minimum Gasteiger partial charge on any atom is -0.204 e. The second kappa shape index (κ2) is 12.7. The van der Waals surface area contributed by atoms with Crippen LogP contribution in [0.15, 0.2) is 24.3 Å². The van der Waals surface area contributed by atoms with Crippen LogP contribution in [-0.2, 0) is 0 Å². The fourth-order valence-electron chi connectivity index (χ4n) is 3.59. The molecule has 0 radical (unpaired) electrons. The molecular formula is C26H26F8. The van der Waals surface area contributed by atoms with Gasteiger partial charge in [-0.25, -0.2) is 35.1 Å². The molecule has 0 fully saturated rings. The van der Waals surface area contributed by atoms with Gasteiger partial charge in [0.15, 0.2) is 46.5 Å². The van der Waals surface area contributed by atoms with Gasteiger partial charge in [0, 0.05) is 12.1 Å². The summed E-state index contributed by atoms with van der Waals surface area (Å²) in [6.07, 6.45) is 6.56. The van der Waals surface area contributed by atoms with E-state index in [4.69, 9.17) is 0 Å². The normalized spacial score (nSPS) is 12.5. The van der Waals surface area contributed by atoms with Crippen LogP contribution >= 0.6 is 0 Å². The predicted octanol–water partition coefficient (Wildman–Crippen LogP) is 9.43. The highest BCUT2D eigenvalue weighted by Crippen LogP contribution is 2.40. The van der Waals surface area contributed by atoms with E-state index in [2.05, 4.69) is 0 Å². The summed E-state index contributed by atoms with van der Waals surface area (Å²) in [7, 11) is 0. The molecule has 0 heterocycles. The van der Waals surface area contributed by atoms with Gasteiger partial charge in [-0.2, -0.15) is 0 Å². The van der Waals surface area contributed by atoms with E-state index in [0.717, 1.165) is 12.8 Å². The van der Waals surface area contributed by atoms with Crippen LogP contribution < -0.4 is 0 Å². The van der Waals surface area contributed by atoms with Gasteiger partial charge >= 0.3 is 0 Å². The Kier molecular flexibility index (Phi) is 10.3. The van der Waals surface area contributed by atoms with E-state index in [1.165, 1.54) is 12.2 Å². The summed E-state index contributed by atoms with van der Waals surface area (Å²) in [5.74, 6) is -14.0. The number of hydrogen-bond acceptors (Lipinski definition) is 0. The number of allylic oxidation sites excluding steroid dienone is 4. The van der Waals surface area contributed by atoms with Crippen molar-refractivity contribution in [2.45, 2.75) is 65.2 Å². The molecule has 8 heteroatoms. The lowest BCUT2D eigenvalue weighted by atomic mass is 9.88. The average molecular weight is 490 g/mol. The third-order valence-corrected chi connectivity index (χ3v) is 5.36. The molecule has 0 saturated carbocycles. The van der Waals surface area contributed by atoms with Crippen LogP contribution in [0.4, 0.5) is 35.1 Å². The van der Waals surface area contributed by atoms with Gasteiger partial charge in [0.1, 0.15) is 0 Å². The highest BCUT2D eigenvalue weighted by molar-refractivity contribution is 6.05. The Morgan fingerprint density at radius 3 is 1.09 bits per heavy atom. The third kappa shape index (κ3) is 6.27. The van der Waals surface area contributed by atoms with Crippen LogP contribution in [0.25, 0.3) is 11.1 Å². The Bertz CT molecular complexity index is 931. The summed E-state index contributed by atoms with van der Waals surface area (Å²) in [5, 5.41) is 0. The van der Waals surface area contributed by atoms with Gasteiger partial charge in [0.2, 0.25) is 0 Å². The van der Waals surface area contributed by atoms with E-state index in [-0.39, 0.29) is 25.0 Å². The molecule has 2 aromatic carbocycles. The molecule has 2 rings (SSSR count). The standard InChI is InChI=1S/C26H26F8/c1-3-5-7-9-11-15(21-23(31)17(27)13-18(28)24(21)32)16(12-10-8-6-4-2)22-25(33)19(29)14-20(30)26(22)34/h11-14H,3-10H2,1-2H3. The van der Waals surface area contributed by atoms with Crippen LogP contribution in [0.2, 0.25) is 0 Å². The zero-order valence-corrected chi connectivity index (χ0v) is 19.0. The van der Waals surface area contributed by atoms with Gasteiger partial charge in [0.25, 0.3) is 0 Å². The predicted molar refractivity (Wildman–Crippen MR) is 117 cm³/mol. The zero-order valence-electron chi connectivity index (χ0n) is 19.0. The van der Waals surface area contributed by atoms with Crippen molar-refractivity contribution in [3.8, 4) is 0 Å². The first-order valence-corrected chi connectivity index (χ1v) is 11.2. The molecule has 186 valence electrons. The molecule has 0 bridgehead atoms. The quantitative estimate of drug-likeness (QED) is 0.127. The number of rotatable bonds is 11. The van der Waals surface area contributed by atoms with Gasteiger partial charge < -0.3 is 0 Å². The molecule has 0 amide bonds. The molecule has 0 unspecified atom stereocenters. The van der Waals surface area contributed by atoms with Gasteiger partial charge in [-0.05, 0) is 36.8 Å². The van der Waals surface area contributed by atoms with E-state index in [1.54, 1.807) is 0 Å². The SMILES string of the molecule is CCCCCC=C(C(=CCCCCC)c1c(F)c(F)cc(F)c1F)c1c(F)c(F)cc(F)c1F. The lowest BCUT2D eigenvalue weighted by Crippen LogP contribution is -2.08. The molecule has 0 nitrogen and oxygen atoms in total. The number of benzene rings is 2. The van der Waals surface area contributed by atoms with E-state index in [0.29, 0.717) is 25.7 Å².